The van der Waals surface area contributed by atoms with Crippen molar-refractivity contribution in [3.8, 4) is 11.5 Å². The van der Waals surface area contributed by atoms with E-state index >= 15 is 0 Å². The number of allylic oxidation sites excluding steroid dienone is 1. The Kier molecular flexibility index (Phi) is 9.16. The van der Waals surface area contributed by atoms with Crippen LogP contribution < -0.4 is 14.4 Å². The predicted octanol–water partition coefficient (Wildman–Crippen LogP) is 8.10. The van der Waals surface area contributed by atoms with E-state index in [4.69, 9.17) is 9.47 Å². The molecular weight excluding hydrogens is 492 g/mol. The summed E-state index contributed by atoms with van der Waals surface area (Å²) in [5.41, 5.74) is 7.97. The van der Waals surface area contributed by atoms with Crippen molar-refractivity contribution in [1.29, 1.82) is 0 Å². The van der Waals surface area contributed by atoms with E-state index in [1.807, 2.05) is 0 Å². The molecule has 2 aliphatic rings. The topological polar surface area (TPSA) is 24.9 Å². The lowest BCUT2D eigenvalue weighted by Gasteiger charge is -2.36. The summed E-state index contributed by atoms with van der Waals surface area (Å²) < 4.78 is 11.6. The van der Waals surface area contributed by atoms with Crippen LogP contribution in [0.4, 0.5) is 5.69 Å². The standard InChI is InChI=1S/C36H46N2O2/c1-5-38(27-28-14-17-31(18-15-28)40-23-22-37-20-10-6-7-11-21-37)35-13-9-8-12-33(35)34-25-29-16-19-32(39-4)24-30(29)26-36(34,2)3/h8-9,12-19,24-25H,5-7,10-11,20-23,26-27H2,1-4H3. The molecule has 0 spiro atoms. The van der Waals surface area contributed by atoms with Gasteiger partial charge in [0.2, 0.25) is 0 Å². The van der Waals surface area contributed by atoms with Gasteiger partial charge in [-0.25, -0.2) is 0 Å². The van der Waals surface area contributed by atoms with Crippen molar-refractivity contribution in [1.82, 2.24) is 4.90 Å². The number of benzene rings is 3. The highest BCUT2D eigenvalue weighted by Crippen LogP contribution is 2.46. The molecule has 5 rings (SSSR count). The average molecular weight is 539 g/mol. The number of hydrogen-bond donors (Lipinski definition) is 0. The number of nitrogens with zero attached hydrogens (tertiary/aromatic N) is 2. The fraction of sp³-hybridized carbons (Fsp3) is 0.444. The van der Waals surface area contributed by atoms with Crippen LogP contribution in [-0.2, 0) is 13.0 Å². The molecule has 1 aliphatic carbocycles. The first-order valence-electron chi connectivity index (χ1n) is 15.1. The molecule has 4 heteroatoms. The third-order valence-corrected chi connectivity index (χ3v) is 8.60. The summed E-state index contributed by atoms with van der Waals surface area (Å²) in [5.74, 6) is 1.89. The molecule has 0 N–H and O–H groups in total. The lowest BCUT2D eigenvalue weighted by Crippen LogP contribution is -2.29. The minimum Gasteiger partial charge on any atom is -0.497 e. The maximum Gasteiger partial charge on any atom is 0.119 e. The second-order valence-corrected chi connectivity index (χ2v) is 12.0. The number of hydrogen-bond acceptors (Lipinski definition) is 4. The van der Waals surface area contributed by atoms with Gasteiger partial charge < -0.3 is 14.4 Å². The molecule has 1 aliphatic heterocycles. The summed E-state index contributed by atoms with van der Waals surface area (Å²) in [6.07, 6.45) is 8.77. The van der Waals surface area contributed by atoms with E-state index in [0.717, 1.165) is 44.2 Å². The van der Waals surface area contributed by atoms with Crippen molar-refractivity contribution in [2.45, 2.75) is 59.4 Å². The molecule has 212 valence electrons. The number of para-hydroxylation sites is 1. The second kappa shape index (κ2) is 13.0. The Balaban J connectivity index is 1.30. The predicted molar refractivity (Wildman–Crippen MR) is 168 cm³/mol. The van der Waals surface area contributed by atoms with E-state index in [1.54, 1.807) is 7.11 Å². The van der Waals surface area contributed by atoms with Crippen LogP contribution >= 0.6 is 0 Å². The van der Waals surface area contributed by atoms with Crippen molar-refractivity contribution in [3.05, 3.63) is 89.0 Å². The minimum atomic E-state index is 0.0151. The molecule has 1 fully saturated rings. The third kappa shape index (κ3) is 6.72. The van der Waals surface area contributed by atoms with Crippen LogP contribution in [0, 0.1) is 5.41 Å². The zero-order valence-electron chi connectivity index (χ0n) is 24.9. The molecule has 0 unspecified atom stereocenters. The fourth-order valence-electron chi connectivity index (χ4n) is 6.28. The van der Waals surface area contributed by atoms with E-state index in [-0.39, 0.29) is 5.41 Å². The van der Waals surface area contributed by atoms with Gasteiger partial charge in [-0.2, -0.15) is 0 Å². The first kappa shape index (κ1) is 28.3. The van der Waals surface area contributed by atoms with Gasteiger partial charge in [0.15, 0.2) is 0 Å². The van der Waals surface area contributed by atoms with Gasteiger partial charge >= 0.3 is 0 Å². The summed E-state index contributed by atoms with van der Waals surface area (Å²) in [4.78, 5) is 5.04. The Morgan fingerprint density at radius 1 is 0.875 bits per heavy atom. The lowest BCUT2D eigenvalue weighted by molar-refractivity contribution is 0.214. The molecule has 40 heavy (non-hydrogen) atoms. The van der Waals surface area contributed by atoms with Gasteiger partial charge in [-0.3, -0.25) is 4.90 Å². The number of anilines is 1. The Morgan fingerprint density at radius 3 is 2.33 bits per heavy atom. The van der Waals surface area contributed by atoms with Crippen molar-refractivity contribution >= 4 is 17.3 Å². The van der Waals surface area contributed by atoms with Crippen molar-refractivity contribution in [2.24, 2.45) is 5.41 Å². The van der Waals surface area contributed by atoms with Gasteiger partial charge in [-0.1, -0.05) is 69.2 Å². The van der Waals surface area contributed by atoms with E-state index in [9.17, 15) is 0 Å². The zero-order valence-corrected chi connectivity index (χ0v) is 24.9. The number of methoxy groups -OCH3 is 1. The summed E-state index contributed by atoms with van der Waals surface area (Å²) >= 11 is 0. The molecule has 3 aromatic carbocycles. The van der Waals surface area contributed by atoms with E-state index < -0.39 is 0 Å². The number of rotatable bonds is 10. The van der Waals surface area contributed by atoms with Gasteiger partial charge in [-0.05, 0) is 97.3 Å². The SMILES string of the molecule is CCN(Cc1ccc(OCCN2CCCCCC2)cc1)c1ccccc1C1=Cc2ccc(OC)cc2CC1(C)C. The largest absolute Gasteiger partial charge is 0.497 e. The van der Waals surface area contributed by atoms with Crippen LogP contribution in [0.1, 0.15) is 68.7 Å². The van der Waals surface area contributed by atoms with E-state index in [1.165, 1.54) is 72.3 Å². The van der Waals surface area contributed by atoms with Gasteiger partial charge in [0.1, 0.15) is 18.1 Å². The van der Waals surface area contributed by atoms with E-state index in [2.05, 4.69) is 103 Å². The molecule has 3 aromatic rings. The molecular formula is C36H46N2O2. The number of ether oxygens (including phenoxy) is 2. The fourth-order valence-corrected chi connectivity index (χ4v) is 6.28. The zero-order chi connectivity index (χ0) is 28.0. The minimum absolute atomic E-state index is 0.0151. The molecule has 0 saturated carbocycles. The first-order valence-corrected chi connectivity index (χ1v) is 15.1. The molecule has 0 amide bonds. The van der Waals surface area contributed by atoms with Gasteiger partial charge in [0, 0.05) is 30.9 Å². The van der Waals surface area contributed by atoms with Crippen LogP contribution in [0.15, 0.2) is 66.7 Å². The van der Waals surface area contributed by atoms with Crippen LogP contribution in [0.2, 0.25) is 0 Å². The molecule has 0 aromatic heterocycles. The van der Waals surface area contributed by atoms with E-state index in [0.29, 0.717) is 0 Å². The normalized spacial score (nSPS) is 16.9. The smallest absolute Gasteiger partial charge is 0.119 e. The van der Waals surface area contributed by atoms with Crippen LogP contribution in [0.25, 0.3) is 11.6 Å². The van der Waals surface area contributed by atoms with Gasteiger partial charge in [0.25, 0.3) is 0 Å². The maximum absolute atomic E-state index is 6.11. The maximum atomic E-state index is 6.11. The van der Waals surface area contributed by atoms with Crippen LogP contribution in [-0.4, -0.2) is 44.8 Å². The molecule has 0 radical (unpaired) electrons. The third-order valence-electron chi connectivity index (χ3n) is 8.60. The van der Waals surface area contributed by atoms with Crippen LogP contribution in [0.3, 0.4) is 0 Å². The molecule has 0 bridgehead atoms. The monoisotopic (exact) mass is 538 g/mol. The Morgan fingerprint density at radius 2 is 1.60 bits per heavy atom. The highest BCUT2D eigenvalue weighted by Gasteiger charge is 2.31. The second-order valence-electron chi connectivity index (χ2n) is 12.0. The Labute approximate surface area is 241 Å². The van der Waals surface area contributed by atoms with Gasteiger partial charge in [-0.15, -0.1) is 0 Å². The summed E-state index contributed by atoms with van der Waals surface area (Å²) in [6.45, 7) is 13.0. The summed E-state index contributed by atoms with van der Waals surface area (Å²) in [7, 11) is 1.74. The highest BCUT2D eigenvalue weighted by atomic mass is 16.5. The van der Waals surface area contributed by atoms with Crippen molar-refractivity contribution in [3.63, 3.8) is 0 Å². The Bertz CT molecular complexity index is 1290. The quantitative estimate of drug-likeness (QED) is 0.260. The summed E-state index contributed by atoms with van der Waals surface area (Å²) in [5, 5.41) is 0. The molecule has 1 saturated heterocycles. The lowest BCUT2D eigenvalue weighted by atomic mass is 9.70. The Hall–Kier alpha value is -3.24. The van der Waals surface area contributed by atoms with Gasteiger partial charge in [0.05, 0.1) is 7.11 Å². The number of likely N-dealkylation sites (tertiary alicyclic amines) is 1. The molecule has 0 atom stereocenters. The molecule has 1 heterocycles. The van der Waals surface area contributed by atoms with Crippen LogP contribution in [0.5, 0.6) is 11.5 Å². The van der Waals surface area contributed by atoms with Crippen molar-refractivity contribution in [2.75, 3.05) is 44.8 Å². The molecule has 4 nitrogen and oxygen atoms in total. The first-order chi connectivity index (χ1) is 19.5. The van der Waals surface area contributed by atoms with Crippen molar-refractivity contribution < 1.29 is 9.47 Å². The highest BCUT2D eigenvalue weighted by molar-refractivity contribution is 5.92. The number of fused-ring (bicyclic) bond motifs is 1. The summed E-state index contributed by atoms with van der Waals surface area (Å²) in [6, 6.07) is 24.1. The average Bonchev–Trinajstić information content (AvgIpc) is 3.24.